The molecule has 1 aliphatic heterocycles. The Morgan fingerprint density at radius 2 is 2.04 bits per heavy atom. The van der Waals surface area contributed by atoms with Gasteiger partial charge < -0.3 is 20.1 Å². The quantitative estimate of drug-likeness (QED) is 0.393. The molecule has 28 heavy (non-hydrogen) atoms. The number of nitro groups is 1. The number of imidazole rings is 1. The predicted octanol–water partition coefficient (Wildman–Crippen LogP) is 1.65. The summed E-state index contributed by atoms with van der Waals surface area (Å²) in [6, 6.07) is 4.46. The average molecular weight is 431 g/mol. The van der Waals surface area contributed by atoms with Gasteiger partial charge in [0.2, 0.25) is 0 Å². The summed E-state index contributed by atoms with van der Waals surface area (Å²) in [6.07, 6.45) is 5.50. The number of piperazine rings is 1. The number of carbonyl (C=O) groups is 1. The Kier molecular flexibility index (Phi) is 9.88. The van der Waals surface area contributed by atoms with Crippen molar-refractivity contribution in [3.05, 3.63) is 52.6 Å². The molecule has 1 aromatic carbocycles. The summed E-state index contributed by atoms with van der Waals surface area (Å²) in [7, 11) is 0. The van der Waals surface area contributed by atoms with Gasteiger partial charge in [0.05, 0.1) is 11.3 Å². The van der Waals surface area contributed by atoms with Crippen molar-refractivity contribution in [2.75, 3.05) is 39.3 Å². The van der Waals surface area contributed by atoms with E-state index in [0.29, 0.717) is 12.2 Å². The number of nitro benzene ring substituents is 1. The van der Waals surface area contributed by atoms with Crippen LogP contribution >= 0.6 is 24.8 Å². The predicted molar refractivity (Wildman–Crippen MR) is 111 cm³/mol. The van der Waals surface area contributed by atoms with E-state index in [9.17, 15) is 14.9 Å². The molecular formula is C17H24Cl2N6O3. The average Bonchev–Trinajstić information content (AvgIpc) is 3.20. The first-order chi connectivity index (χ1) is 12.6. The number of hydrogen-bond donors (Lipinski definition) is 2. The zero-order valence-corrected chi connectivity index (χ0v) is 16.9. The molecule has 1 aromatic heterocycles. The number of hydrogen-bond acceptors (Lipinski definition) is 6. The van der Waals surface area contributed by atoms with E-state index in [2.05, 4.69) is 20.5 Å². The van der Waals surface area contributed by atoms with Crippen LogP contribution in [-0.4, -0.2) is 64.6 Å². The molecule has 1 saturated heterocycles. The molecule has 0 unspecified atom stereocenters. The van der Waals surface area contributed by atoms with Crippen molar-refractivity contribution >= 4 is 36.4 Å². The van der Waals surface area contributed by atoms with Gasteiger partial charge in [-0.1, -0.05) is 0 Å². The van der Waals surface area contributed by atoms with Crippen LogP contribution in [0.5, 0.6) is 0 Å². The molecule has 3 rings (SSSR count). The van der Waals surface area contributed by atoms with Gasteiger partial charge in [-0.25, -0.2) is 4.98 Å². The van der Waals surface area contributed by atoms with Crippen molar-refractivity contribution in [2.24, 2.45) is 0 Å². The summed E-state index contributed by atoms with van der Waals surface area (Å²) in [5.41, 5.74) is 0.530. The molecular weight excluding hydrogens is 407 g/mol. The summed E-state index contributed by atoms with van der Waals surface area (Å²) in [6.45, 7) is 5.52. The fraction of sp³-hybridized carbons (Fsp3) is 0.412. The molecule has 2 N–H and O–H groups in total. The topological polar surface area (TPSA) is 105 Å². The molecule has 154 valence electrons. The molecule has 0 bridgehead atoms. The zero-order chi connectivity index (χ0) is 18.4. The second-order valence-electron chi connectivity index (χ2n) is 6.13. The van der Waals surface area contributed by atoms with Crippen LogP contribution in [-0.2, 0) is 0 Å². The van der Waals surface area contributed by atoms with Crippen LogP contribution in [0, 0.1) is 10.1 Å². The van der Waals surface area contributed by atoms with Gasteiger partial charge in [0.25, 0.3) is 11.6 Å². The van der Waals surface area contributed by atoms with E-state index in [-0.39, 0.29) is 42.0 Å². The van der Waals surface area contributed by atoms with E-state index in [1.807, 2.05) is 0 Å². The molecule has 1 aliphatic rings. The minimum absolute atomic E-state index is 0. The Balaban J connectivity index is 0.00000196. The Bertz CT molecular complexity index is 766. The maximum atomic E-state index is 12.3. The SMILES string of the molecule is Cl.Cl.O=C(NCCCN1CCNCC1)c1ccc(-n2ccnc2)c([N+](=O)[O-])c1. The molecule has 0 radical (unpaired) electrons. The normalized spacial score (nSPS) is 13.9. The minimum Gasteiger partial charge on any atom is -0.352 e. The van der Waals surface area contributed by atoms with Crippen molar-refractivity contribution in [2.45, 2.75) is 6.42 Å². The van der Waals surface area contributed by atoms with Crippen molar-refractivity contribution in [1.82, 2.24) is 25.1 Å². The van der Waals surface area contributed by atoms with Crippen LogP contribution < -0.4 is 10.6 Å². The van der Waals surface area contributed by atoms with Gasteiger partial charge in [-0.3, -0.25) is 14.9 Å². The van der Waals surface area contributed by atoms with Crippen molar-refractivity contribution in [3.8, 4) is 5.69 Å². The van der Waals surface area contributed by atoms with Gasteiger partial charge in [0.15, 0.2) is 0 Å². The van der Waals surface area contributed by atoms with Crippen LogP contribution in [0.25, 0.3) is 5.69 Å². The van der Waals surface area contributed by atoms with Gasteiger partial charge in [-0.05, 0) is 25.1 Å². The third-order valence-corrected chi connectivity index (χ3v) is 4.36. The Labute approximate surface area is 175 Å². The number of nitrogens with one attached hydrogen (secondary N) is 2. The number of carbonyl (C=O) groups excluding carboxylic acids is 1. The molecule has 0 spiro atoms. The highest BCUT2D eigenvalue weighted by Crippen LogP contribution is 2.24. The van der Waals surface area contributed by atoms with Crippen LogP contribution in [0.2, 0.25) is 0 Å². The highest BCUT2D eigenvalue weighted by Gasteiger charge is 2.18. The van der Waals surface area contributed by atoms with Crippen LogP contribution in [0.4, 0.5) is 5.69 Å². The van der Waals surface area contributed by atoms with Gasteiger partial charge >= 0.3 is 0 Å². The lowest BCUT2D eigenvalue weighted by Crippen LogP contribution is -2.44. The summed E-state index contributed by atoms with van der Waals surface area (Å²) < 4.78 is 1.55. The van der Waals surface area contributed by atoms with Crippen LogP contribution in [0.3, 0.4) is 0 Å². The van der Waals surface area contributed by atoms with E-state index < -0.39 is 4.92 Å². The van der Waals surface area contributed by atoms with E-state index in [1.165, 1.54) is 12.4 Å². The molecule has 11 heteroatoms. The van der Waals surface area contributed by atoms with Gasteiger partial charge in [-0.15, -0.1) is 24.8 Å². The molecule has 0 atom stereocenters. The molecule has 2 aromatic rings. The van der Waals surface area contributed by atoms with E-state index in [1.54, 1.807) is 29.1 Å². The fourth-order valence-electron chi connectivity index (χ4n) is 2.97. The molecule has 2 heterocycles. The summed E-state index contributed by atoms with van der Waals surface area (Å²) in [4.78, 5) is 29.4. The van der Waals surface area contributed by atoms with Crippen LogP contribution in [0.15, 0.2) is 36.9 Å². The smallest absolute Gasteiger partial charge is 0.294 e. The van der Waals surface area contributed by atoms with Crippen molar-refractivity contribution in [1.29, 1.82) is 0 Å². The molecule has 1 fully saturated rings. The first kappa shape index (κ1) is 23.8. The van der Waals surface area contributed by atoms with E-state index in [0.717, 1.165) is 39.1 Å². The number of benzene rings is 1. The number of nitrogens with zero attached hydrogens (tertiary/aromatic N) is 4. The van der Waals surface area contributed by atoms with E-state index in [4.69, 9.17) is 0 Å². The lowest BCUT2D eigenvalue weighted by atomic mass is 10.1. The number of aromatic nitrogens is 2. The summed E-state index contributed by atoms with van der Waals surface area (Å²) >= 11 is 0. The molecule has 1 amide bonds. The second kappa shape index (κ2) is 11.6. The fourth-order valence-corrected chi connectivity index (χ4v) is 2.97. The summed E-state index contributed by atoms with van der Waals surface area (Å²) in [5.74, 6) is -0.300. The third kappa shape index (κ3) is 6.16. The van der Waals surface area contributed by atoms with Gasteiger partial charge in [0.1, 0.15) is 5.69 Å². The standard InChI is InChI=1S/C17H22N6O3.2ClH/c24-17(20-4-1-8-21-9-5-18-6-10-21)14-2-3-15(16(12-14)23(25)26)22-11-7-19-13-22;;/h2-3,7,11-13,18H,1,4-6,8-10H2,(H,20,24);2*1H. The largest absolute Gasteiger partial charge is 0.352 e. The highest BCUT2D eigenvalue weighted by molar-refractivity contribution is 5.95. The number of amides is 1. The van der Waals surface area contributed by atoms with Gasteiger partial charge in [0, 0.05) is 56.7 Å². The summed E-state index contributed by atoms with van der Waals surface area (Å²) in [5, 5.41) is 17.5. The maximum Gasteiger partial charge on any atom is 0.294 e. The second-order valence-corrected chi connectivity index (χ2v) is 6.13. The van der Waals surface area contributed by atoms with Crippen molar-refractivity contribution < 1.29 is 9.72 Å². The van der Waals surface area contributed by atoms with E-state index >= 15 is 0 Å². The number of rotatable bonds is 7. The molecule has 9 nitrogen and oxygen atoms in total. The third-order valence-electron chi connectivity index (χ3n) is 4.36. The lowest BCUT2D eigenvalue weighted by molar-refractivity contribution is -0.384. The molecule has 0 saturated carbocycles. The zero-order valence-electron chi connectivity index (χ0n) is 15.2. The van der Waals surface area contributed by atoms with Crippen LogP contribution in [0.1, 0.15) is 16.8 Å². The molecule has 0 aliphatic carbocycles. The Morgan fingerprint density at radius 3 is 2.68 bits per heavy atom. The Morgan fingerprint density at radius 1 is 1.29 bits per heavy atom. The first-order valence-electron chi connectivity index (χ1n) is 8.63. The van der Waals surface area contributed by atoms with Crippen molar-refractivity contribution in [3.63, 3.8) is 0 Å². The van der Waals surface area contributed by atoms with Gasteiger partial charge in [-0.2, -0.15) is 0 Å². The number of halogens is 2. The monoisotopic (exact) mass is 430 g/mol. The maximum absolute atomic E-state index is 12.3. The minimum atomic E-state index is -0.490. The highest BCUT2D eigenvalue weighted by atomic mass is 35.5. The Hall–Kier alpha value is -2.20. The first-order valence-corrected chi connectivity index (χ1v) is 8.63. The lowest BCUT2D eigenvalue weighted by Gasteiger charge is -2.27.